The largest absolute Gasteiger partial charge is 1.00 e. The fourth-order valence-corrected chi connectivity index (χ4v) is 0. The van der Waals surface area contributed by atoms with E-state index in [9.17, 15) is 4.55 Å². The normalized spacial score (nSPS) is 13.1. The van der Waals surface area contributed by atoms with Crippen LogP contribution in [0, 0.1) is 0 Å². The van der Waals surface area contributed by atoms with Crippen molar-refractivity contribution in [2.24, 2.45) is 0 Å². The first-order chi connectivity index (χ1) is 2.64. The van der Waals surface area contributed by atoms with Crippen molar-refractivity contribution in [3.05, 3.63) is 0 Å². The predicted molar refractivity (Wildman–Crippen MR) is 29.2 cm³/mol. The van der Waals surface area contributed by atoms with Crippen LogP contribution in [0.2, 0.25) is 0 Å². The van der Waals surface area contributed by atoms with Gasteiger partial charge in [0, 0.05) is 0 Å². The third-order valence-corrected chi connectivity index (χ3v) is 1.79. The van der Waals surface area contributed by atoms with Gasteiger partial charge in [0.05, 0.1) is 0 Å². The van der Waals surface area contributed by atoms with Gasteiger partial charge in [-0.15, -0.1) is 9.92 Å². The van der Waals surface area contributed by atoms with Gasteiger partial charge >= 0.3 is 29.6 Å². The van der Waals surface area contributed by atoms with Gasteiger partial charge in [-0.1, -0.05) is 11.2 Å². The van der Waals surface area contributed by atoms with Crippen LogP contribution in [-0.2, 0) is 21.1 Å². The summed E-state index contributed by atoms with van der Waals surface area (Å²) in [5.41, 5.74) is 0. The van der Waals surface area contributed by atoms with Gasteiger partial charge in [-0.3, -0.25) is 4.31 Å². The Labute approximate surface area is 73.1 Å². The Kier molecular flexibility index (Phi) is 9.08. The monoisotopic (exact) mass is 147 g/mol. The van der Waals surface area contributed by atoms with E-state index in [1.165, 1.54) is 4.31 Å². The fourth-order valence-electron chi connectivity index (χ4n) is 0. The maximum Gasteiger partial charge on any atom is 1.00 e. The molecule has 0 aliphatic heterocycles. The summed E-state index contributed by atoms with van der Waals surface area (Å²) < 4.78 is 11.4. The van der Waals surface area contributed by atoms with Crippen LogP contribution in [-0.4, -0.2) is 23.0 Å². The molecule has 5 heteroatoms. The molecule has 0 heterocycles. The predicted octanol–water partition coefficient (Wildman–Crippen LogP) is -3.32. The van der Waals surface area contributed by atoms with Gasteiger partial charge in [0.25, 0.3) is 0 Å². The van der Waals surface area contributed by atoms with Crippen molar-refractivity contribution in [2.75, 3.05) is 14.1 Å². The van der Waals surface area contributed by atoms with Crippen LogP contribution in [0.15, 0.2) is 0 Å². The molecule has 1 atom stereocenters. The van der Waals surface area contributed by atoms with Crippen molar-refractivity contribution in [1.82, 2.24) is 4.31 Å². The third-order valence-electron chi connectivity index (χ3n) is 0.298. The fraction of sp³-hybridized carbons (Fsp3) is 1.00. The van der Waals surface area contributed by atoms with Crippen LogP contribution in [0.25, 0.3) is 0 Å². The summed E-state index contributed by atoms with van der Waals surface area (Å²) in [6.07, 6.45) is 0. The Morgan fingerprint density at radius 3 is 1.71 bits per heavy atom. The first-order valence-corrected chi connectivity index (χ1v) is 3.44. The van der Waals surface area contributed by atoms with Crippen molar-refractivity contribution >= 4 is 21.1 Å². The molecule has 0 saturated carbocycles. The third kappa shape index (κ3) is 7.49. The zero-order chi connectivity index (χ0) is 5.15. The van der Waals surface area contributed by atoms with Crippen LogP contribution >= 0.6 is 0 Å². The van der Waals surface area contributed by atoms with E-state index in [0.717, 1.165) is 0 Å². The van der Waals surface area contributed by atoms with Crippen LogP contribution in [0.3, 0.4) is 0 Å². The Bertz CT molecular complexity index is 66.7. The second-order valence-corrected chi connectivity index (χ2v) is 3.05. The summed E-state index contributed by atoms with van der Waals surface area (Å²) in [6.45, 7) is 0. The van der Waals surface area contributed by atoms with E-state index in [1.807, 2.05) is 0 Å². The number of hydrogen-bond donors (Lipinski definition) is 0. The topological polar surface area (TPSA) is 26.3 Å². The zero-order valence-corrected chi connectivity index (χ0v) is 8.30. The molecule has 0 aromatic rings. The number of nitrogens with zero attached hydrogens (tertiary/aromatic N) is 1. The Morgan fingerprint density at radius 1 is 1.57 bits per heavy atom. The van der Waals surface area contributed by atoms with Crippen molar-refractivity contribution in [3.63, 3.8) is 0 Å². The van der Waals surface area contributed by atoms with E-state index in [1.54, 1.807) is 14.1 Å². The zero-order valence-electron chi connectivity index (χ0n) is 4.67. The molecule has 0 spiro atoms. The Balaban J connectivity index is 0. The van der Waals surface area contributed by atoms with Gasteiger partial charge in [0.2, 0.25) is 0 Å². The first kappa shape index (κ1) is 11.3. The molecule has 0 bridgehead atoms. The first-order valence-electron chi connectivity index (χ1n) is 1.41. The molecule has 0 aromatic carbocycles. The molecule has 0 amide bonds. The van der Waals surface area contributed by atoms with Crippen molar-refractivity contribution in [3.8, 4) is 0 Å². The smallest absolute Gasteiger partial charge is 0.782 e. The van der Waals surface area contributed by atoms with Crippen molar-refractivity contribution < 1.29 is 34.1 Å². The number of hydrogen-bond acceptors (Lipinski definition) is 2. The second kappa shape index (κ2) is 5.62. The van der Waals surface area contributed by atoms with E-state index >= 15 is 0 Å². The van der Waals surface area contributed by atoms with Crippen LogP contribution in [0.1, 0.15) is 0 Å². The van der Waals surface area contributed by atoms with Crippen LogP contribution < -0.4 is 29.6 Å². The molecule has 0 saturated heterocycles. The molecule has 0 fully saturated rings. The van der Waals surface area contributed by atoms with Crippen LogP contribution in [0.5, 0.6) is 0 Å². The molecule has 0 rings (SSSR count). The summed E-state index contributed by atoms with van der Waals surface area (Å²) in [5.74, 6) is 0. The van der Waals surface area contributed by atoms with Gasteiger partial charge in [-0.05, 0) is 14.1 Å². The molecule has 7 heavy (non-hydrogen) atoms. The van der Waals surface area contributed by atoms with Gasteiger partial charge in [0.1, 0.15) is 0 Å². The summed E-state index contributed by atoms with van der Waals surface area (Å²) in [4.78, 5) is 0. The molecule has 0 aliphatic carbocycles. The molecule has 0 radical (unpaired) electrons. The molecule has 2 nitrogen and oxygen atoms in total. The molecule has 0 aromatic heterocycles. The molecule has 0 aliphatic rings. The molecule has 1 unspecified atom stereocenters. The standard InChI is InChI=1S/C2H7NOS2.Na/c1-3(2)6(4)5;/h1-2H3,(H,4,5);/q;+1/p-1. The molecule has 0 N–H and O–H groups in total. The molecule has 38 valence electrons. The van der Waals surface area contributed by atoms with E-state index < -0.39 is 9.92 Å². The maximum absolute atomic E-state index is 10.00. The van der Waals surface area contributed by atoms with Gasteiger partial charge in [-0.25, -0.2) is 0 Å². The van der Waals surface area contributed by atoms with Gasteiger partial charge in [0.15, 0.2) is 0 Å². The Morgan fingerprint density at radius 2 is 1.71 bits per heavy atom. The summed E-state index contributed by atoms with van der Waals surface area (Å²) in [7, 11) is 2.14. The van der Waals surface area contributed by atoms with Crippen molar-refractivity contribution in [1.29, 1.82) is 0 Å². The number of rotatable bonds is 1. The van der Waals surface area contributed by atoms with Gasteiger partial charge < -0.3 is 4.55 Å². The minimum absolute atomic E-state index is 0. The Hall–Kier alpha value is 1.49. The quantitative estimate of drug-likeness (QED) is 0.363. The minimum Gasteiger partial charge on any atom is -0.782 e. The summed E-state index contributed by atoms with van der Waals surface area (Å²) >= 11 is 4.30. The average molecular weight is 147 g/mol. The second-order valence-electron chi connectivity index (χ2n) is 1.03. The SMILES string of the molecule is CN(C)S([O-])=S.[Na+]. The maximum atomic E-state index is 10.00. The van der Waals surface area contributed by atoms with Gasteiger partial charge in [-0.2, -0.15) is 0 Å². The van der Waals surface area contributed by atoms with E-state index in [2.05, 4.69) is 11.2 Å². The summed E-state index contributed by atoms with van der Waals surface area (Å²) in [6, 6.07) is 0. The molecular formula is C2H6NNaOS2. The van der Waals surface area contributed by atoms with Crippen molar-refractivity contribution in [2.45, 2.75) is 0 Å². The van der Waals surface area contributed by atoms with E-state index in [-0.39, 0.29) is 29.6 Å². The van der Waals surface area contributed by atoms with E-state index in [4.69, 9.17) is 0 Å². The minimum atomic E-state index is -1.20. The van der Waals surface area contributed by atoms with Crippen LogP contribution in [0.4, 0.5) is 0 Å². The van der Waals surface area contributed by atoms with E-state index in [0.29, 0.717) is 0 Å². The summed E-state index contributed by atoms with van der Waals surface area (Å²) in [5, 5.41) is 0. The molecular weight excluding hydrogens is 141 g/mol. The average Bonchev–Trinajstić information content (AvgIpc) is 1.36.